The number of hydrogen-bond donors (Lipinski definition) is 1. The quantitative estimate of drug-likeness (QED) is 0.674. The number of aromatic carboxylic acids is 1. The van der Waals surface area contributed by atoms with Crippen molar-refractivity contribution in [1.82, 2.24) is 4.90 Å². The van der Waals surface area contributed by atoms with Crippen molar-refractivity contribution >= 4 is 50.8 Å². The highest BCUT2D eigenvalue weighted by atomic mass is 79.9. The lowest BCUT2D eigenvalue weighted by atomic mass is 10.1. The Balaban J connectivity index is 1.73. The molecule has 6 nitrogen and oxygen atoms in total. The van der Waals surface area contributed by atoms with Crippen LogP contribution in [0.25, 0.3) is 6.08 Å². The number of amides is 1. The van der Waals surface area contributed by atoms with Gasteiger partial charge >= 0.3 is 5.97 Å². The molecule has 0 atom stereocenters. The molecule has 1 N–H and O–H groups in total. The largest absolute Gasteiger partial charge is 0.488 e. The molecule has 0 unspecified atom stereocenters. The molecule has 3 rings (SSSR count). The molecular formula is C20H17BrN2O4S. The van der Waals surface area contributed by atoms with Gasteiger partial charge in [-0.25, -0.2) is 4.79 Å². The number of benzene rings is 2. The number of thioether (sulfide) groups is 1. The number of carboxylic acids is 1. The van der Waals surface area contributed by atoms with Crippen LogP contribution in [0, 0.1) is 0 Å². The van der Waals surface area contributed by atoms with Gasteiger partial charge in [0.15, 0.2) is 5.17 Å². The third kappa shape index (κ3) is 4.45. The Morgan fingerprint density at radius 2 is 2.11 bits per heavy atom. The highest BCUT2D eigenvalue weighted by Crippen LogP contribution is 2.33. The number of rotatable bonds is 5. The molecule has 1 fully saturated rings. The zero-order valence-corrected chi connectivity index (χ0v) is 17.6. The fourth-order valence-electron chi connectivity index (χ4n) is 2.58. The first kappa shape index (κ1) is 20.2. The van der Waals surface area contributed by atoms with E-state index in [0.29, 0.717) is 15.8 Å². The second-order valence-electron chi connectivity index (χ2n) is 5.97. The molecule has 1 heterocycles. The van der Waals surface area contributed by atoms with Gasteiger partial charge in [-0.3, -0.25) is 14.7 Å². The number of amidine groups is 1. The standard InChI is InChI=1S/C20H17BrN2O4S/c1-22-20-23(2)18(24)17(28-20)10-12-6-7-16(15(21)9-12)27-11-13-4-3-5-14(8-13)19(25)26/h3-10H,11H2,1-2H3,(H,25,26)/b17-10-,22-20?. The van der Waals surface area contributed by atoms with Crippen molar-refractivity contribution in [3.05, 3.63) is 68.5 Å². The van der Waals surface area contributed by atoms with Crippen LogP contribution in [0.1, 0.15) is 21.5 Å². The lowest BCUT2D eigenvalue weighted by Crippen LogP contribution is -2.23. The molecule has 8 heteroatoms. The summed E-state index contributed by atoms with van der Waals surface area (Å²) in [5, 5.41) is 9.73. The topological polar surface area (TPSA) is 79.2 Å². The normalized spacial score (nSPS) is 16.8. The number of carbonyl (C=O) groups excluding carboxylic acids is 1. The summed E-state index contributed by atoms with van der Waals surface area (Å²) in [5.41, 5.74) is 1.84. The fraction of sp³-hybridized carbons (Fsp3) is 0.150. The first-order chi connectivity index (χ1) is 13.4. The van der Waals surface area contributed by atoms with Crippen molar-refractivity contribution in [3.63, 3.8) is 0 Å². The van der Waals surface area contributed by atoms with E-state index in [9.17, 15) is 9.59 Å². The first-order valence-electron chi connectivity index (χ1n) is 8.28. The van der Waals surface area contributed by atoms with Crippen LogP contribution < -0.4 is 4.74 Å². The number of carboxylic acid groups (broad SMARTS) is 1. The molecule has 2 aromatic carbocycles. The zero-order chi connectivity index (χ0) is 20.3. The van der Waals surface area contributed by atoms with Crippen LogP contribution in [0.2, 0.25) is 0 Å². The second kappa shape index (κ2) is 8.62. The third-order valence-electron chi connectivity index (χ3n) is 4.02. The number of ether oxygens (including phenoxy) is 1. The summed E-state index contributed by atoms with van der Waals surface area (Å²) in [7, 11) is 3.36. The van der Waals surface area contributed by atoms with Crippen LogP contribution in [0.3, 0.4) is 0 Å². The summed E-state index contributed by atoms with van der Waals surface area (Å²) in [6.07, 6.45) is 1.81. The van der Waals surface area contributed by atoms with Gasteiger partial charge in [0.2, 0.25) is 0 Å². The predicted molar refractivity (Wildman–Crippen MR) is 114 cm³/mol. The van der Waals surface area contributed by atoms with Crippen molar-refractivity contribution in [1.29, 1.82) is 0 Å². The number of carbonyl (C=O) groups is 2. The maximum Gasteiger partial charge on any atom is 0.335 e. The summed E-state index contributed by atoms with van der Waals surface area (Å²) in [6.45, 7) is 0.246. The van der Waals surface area contributed by atoms with Gasteiger partial charge in [0.1, 0.15) is 12.4 Å². The Kier molecular flexibility index (Phi) is 6.21. The lowest BCUT2D eigenvalue weighted by Gasteiger charge is -2.09. The Bertz CT molecular complexity index is 1000. The lowest BCUT2D eigenvalue weighted by molar-refractivity contribution is -0.121. The summed E-state index contributed by atoms with van der Waals surface area (Å²) in [4.78, 5) is 29.5. The van der Waals surface area contributed by atoms with Gasteiger partial charge in [0.25, 0.3) is 5.91 Å². The molecule has 0 aliphatic carbocycles. The van der Waals surface area contributed by atoms with E-state index in [2.05, 4.69) is 20.9 Å². The Hall–Kier alpha value is -2.58. The molecule has 1 aliphatic rings. The van der Waals surface area contributed by atoms with Crippen molar-refractivity contribution < 1.29 is 19.4 Å². The average molecular weight is 461 g/mol. The SMILES string of the molecule is CN=C1S/C(=C\c2ccc(OCc3cccc(C(=O)O)c3)c(Br)c2)C(=O)N1C. The number of hydrogen-bond acceptors (Lipinski definition) is 5. The second-order valence-corrected chi connectivity index (χ2v) is 7.83. The van der Waals surface area contributed by atoms with Crippen LogP contribution in [0.5, 0.6) is 5.75 Å². The monoisotopic (exact) mass is 460 g/mol. The van der Waals surface area contributed by atoms with E-state index in [-0.39, 0.29) is 18.1 Å². The Labute approximate surface area is 175 Å². The van der Waals surface area contributed by atoms with E-state index >= 15 is 0 Å². The summed E-state index contributed by atoms with van der Waals surface area (Å²) < 4.78 is 6.54. The number of nitrogens with zero attached hydrogens (tertiary/aromatic N) is 2. The van der Waals surface area contributed by atoms with Gasteiger partial charge in [-0.2, -0.15) is 0 Å². The minimum absolute atomic E-state index is 0.0830. The van der Waals surface area contributed by atoms with Crippen molar-refractivity contribution in [2.24, 2.45) is 4.99 Å². The van der Waals surface area contributed by atoms with Crippen LogP contribution in [0.4, 0.5) is 0 Å². The molecule has 1 saturated heterocycles. The highest BCUT2D eigenvalue weighted by Gasteiger charge is 2.29. The van der Waals surface area contributed by atoms with E-state index in [1.165, 1.54) is 16.7 Å². The molecule has 144 valence electrons. The smallest absolute Gasteiger partial charge is 0.335 e. The van der Waals surface area contributed by atoms with Crippen LogP contribution in [-0.4, -0.2) is 41.1 Å². The summed E-state index contributed by atoms with van der Waals surface area (Å²) in [6, 6.07) is 12.2. The van der Waals surface area contributed by atoms with Gasteiger partial charge in [-0.05, 0) is 69.2 Å². The summed E-state index contributed by atoms with van der Waals surface area (Å²) >= 11 is 4.82. The van der Waals surface area contributed by atoms with Gasteiger partial charge in [-0.15, -0.1) is 0 Å². The van der Waals surface area contributed by atoms with Crippen molar-refractivity contribution in [3.8, 4) is 5.75 Å². The molecule has 0 radical (unpaired) electrons. The minimum Gasteiger partial charge on any atom is -0.488 e. The van der Waals surface area contributed by atoms with Gasteiger partial charge in [0, 0.05) is 14.1 Å². The molecule has 0 aromatic heterocycles. The molecule has 0 bridgehead atoms. The van der Waals surface area contributed by atoms with Crippen LogP contribution in [-0.2, 0) is 11.4 Å². The molecule has 0 saturated carbocycles. The van der Waals surface area contributed by atoms with Crippen LogP contribution in [0.15, 0.2) is 56.8 Å². The van der Waals surface area contributed by atoms with Gasteiger partial charge in [-0.1, -0.05) is 18.2 Å². The number of likely N-dealkylation sites (N-methyl/N-ethyl adjacent to an activating group) is 1. The van der Waals surface area contributed by atoms with Crippen molar-refractivity contribution in [2.45, 2.75) is 6.61 Å². The third-order valence-corrected chi connectivity index (χ3v) is 5.79. The maximum absolute atomic E-state index is 12.2. The Morgan fingerprint density at radius 1 is 1.32 bits per heavy atom. The number of halogens is 1. The average Bonchev–Trinajstić information content (AvgIpc) is 2.95. The Morgan fingerprint density at radius 3 is 2.75 bits per heavy atom. The molecule has 1 amide bonds. The van der Waals surface area contributed by atoms with E-state index < -0.39 is 5.97 Å². The molecular weight excluding hydrogens is 444 g/mol. The minimum atomic E-state index is -0.971. The fourth-order valence-corrected chi connectivity index (χ4v) is 4.02. The van der Waals surface area contributed by atoms with Gasteiger partial charge in [0.05, 0.1) is 14.9 Å². The molecule has 2 aromatic rings. The highest BCUT2D eigenvalue weighted by molar-refractivity contribution is 9.10. The molecule has 1 aliphatic heterocycles. The molecule has 28 heavy (non-hydrogen) atoms. The van der Waals surface area contributed by atoms with Crippen LogP contribution >= 0.6 is 27.7 Å². The van der Waals surface area contributed by atoms with E-state index in [4.69, 9.17) is 9.84 Å². The van der Waals surface area contributed by atoms with E-state index in [1.54, 1.807) is 38.4 Å². The van der Waals surface area contributed by atoms with Gasteiger partial charge < -0.3 is 9.84 Å². The number of aliphatic imine (C=N–C) groups is 1. The molecule has 0 spiro atoms. The summed E-state index contributed by atoms with van der Waals surface area (Å²) in [5.74, 6) is -0.428. The zero-order valence-electron chi connectivity index (χ0n) is 15.2. The van der Waals surface area contributed by atoms with E-state index in [1.807, 2.05) is 24.3 Å². The first-order valence-corrected chi connectivity index (χ1v) is 9.89. The maximum atomic E-state index is 12.2. The van der Waals surface area contributed by atoms with E-state index in [0.717, 1.165) is 15.6 Å². The predicted octanol–water partition coefficient (Wildman–Crippen LogP) is 4.26. The van der Waals surface area contributed by atoms with Crippen molar-refractivity contribution in [2.75, 3.05) is 14.1 Å².